The summed E-state index contributed by atoms with van der Waals surface area (Å²) < 4.78 is 0. The Kier molecular flexibility index (Phi) is 11.3. The molecule has 0 radical (unpaired) electrons. The molecule has 1 atom stereocenters. The maximum absolute atomic E-state index is 2.46. The van der Waals surface area contributed by atoms with Crippen LogP contribution in [0.15, 0.2) is 236 Å². The molecule has 61 heavy (non-hydrogen) atoms. The van der Waals surface area contributed by atoms with Crippen LogP contribution >= 0.6 is 0 Å². The van der Waals surface area contributed by atoms with Crippen LogP contribution < -0.4 is 19.6 Å². The summed E-state index contributed by atoms with van der Waals surface area (Å²) >= 11 is 0. The molecule has 0 aliphatic heterocycles. The van der Waals surface area contributed by atoms with Crippen LogP contribution in [0, 0.1) is 13.8 Å². The second-order valence-corrected chi connectivity index (χ2v) is 15.8. The average Bonchev–Trinajstić information content (AvgIpc) is 3.30. The highest BCUT2D eigenvalue weighted by atomic mass is 15.2. The molecule has 0 amide bonds. The van der Waals surface area contributed by atoms with E-state index in [0.29, 0.717) is 0 Å². The zero-order valence-electron chi connectivity index (χ0n) is 35.0. The summed E-state index contributed by atoms with van der Waals surface area (Å²) in [7, 11) is 0. The first-order valence-corrected chi connectivity index (χ1v) is 21.1. The van der Waals surface area contributed by atoms with Crippen molar-refractivity contribution in [3.63, 3.8) is 0 Å². The summed E-state index contributed by atoms with van der Waals surface area (Å²) in [5.41, 5.74) is 16.0. The Morgan fingerprint density at radius 2 is 0.639 bits per heavy atom. The zero-order valence-corrected chi connectivity index (χ0v) is 35.0. The van der Waals surface area contributed by atoms with E-state index < -0.39 is 0 Å². The van der Waals surface area contributed by atoms with Gasteiger partial charge >= 0.3 is 0 Å². The van der Waals surface area contributed by atoms with E-state index in [2.05, 4.69) is 271 Å². The Hall–Kier alpha value is -7.56. The van der Waals surface area contributed by atoms with Gasteiger partial charge in [-0.3, -0.25) is 0 Å². The molecule has 0 saturated heterocycles. The SMILES string of the molecule is CC1=CC=CC(N(c2ccccc2)c2ccc(N(c3ccc(N(c4ccccc4)c4cccc(C)c4)cc3)c3ccc(N(c4ccccc4)c4cccc(C)c4)cc3)cc2)C1. The van der Waals surface area contributed by atoms with Gasteiger partial charge in [-0.1, -0.05) is 103 Å². The fraction of sp³-hybridized carbons (Fsp3) is 0.0877. The molecular weight excluding hydrogens is 741 g/mol. The lowest BCUT2D eigenvalue weighted by Crippen LogP contribution is -2.30. The van der Waals surface area contributed by atoms with Crippen LogP contribution in [0.4, 0.5) is 62.6 Å². The Balaban J connectivity index is 1.13. The van der Waals surface area contributed by atoms with E-state index in [4.69, 9.17) is 0 Å². The number of aryl methyl sites for hydroxylation is 2. The van der Waals surface area contributed by atoms with Crippen molar-refractivity contribution in [3.8, 4) is 0 Å². The number of hydrogen-bond donors (Lipinski definition) is 0. The van der Waals surface area contributed by atoms with E-state index in [1.54, 1.807) is 0 Å². The lowest BCUT2D eigenvalue weighted by Gasteiger charge is -2.34. The predicted molar refractivity (Wildman–Crippen MR) is 260 cm³/mol. The fourth-order valence-electron chi connectivity index (χ4n) is 8.41. The van der Waals surface area contributed by atoms with Crippen molar-refractivity contribution in [2.75, 3.05) is 19.6 Å². The van der Waals surface area contributed by atoms with Crippen LogP contribution in [-0.4, -0.2) is 6.04 Å². The van der Waals surface area contributed by atoms with Crippen molar-refractivity contribution in [2.45, 2.75) is 33.2 Å². The fourth-order valence-corrected chi connectivity index (χ4v) is 8.41. The van der Waals surface area contributed by atoms with Gasteiger partial charge < -0.3 is 19.6 Å². The molecule has 4 heteroatoms. The second kappa shape index (κ2) is 17.7. The van der Waals surface area contributed by atoms with Crippen LogP contribution in [0.1, 0.15) is 24.5 Å². The number of rotatable bonds is 12. The van der Waals surface area contributed by atoms with Gasteiger partial charge in [0.1, 0.15) is 0 Å². The molecule has 8 aromatic carbocycles. The van der Waals surface area contributed by atoms with Crippen molar-refractivity contribution in [1.29, 1.82) is 0 Å². The lowest BCUT2D eigenvalue weighted by atomic mass is 9.99. The van der Waals surface area contributed by atoms with E-state index in [0.717, 1.165) is 63.3 Å². The highest BCUT2D eigenvalue weighted by molar-refractivity contribution is 5.84. The van der Waals surface area contributed by atoms with E-state index in [1.165, 1.54) is 22.4 Å². The summed E-state index contributed by atoms with van der Waals surface area (Å²) in [6.45, 7) is 6.51. The normalized spacial score (nSPS) is 13.3. The van der Waals surface area contributed by atoms with Gasteiger partial charge in [0.15, 0.2) is 0 Å². The first-order valence-electron chi connectivity index (χ1n) is 21.1. The third-order valence-electron chi connectivity index (χ3n) is 11.3. The van der Waals surface area contributed by atoms with Crippen molar-refractivity contribution >= 4 is 62.6 Å². The molecule has 0 fully saturated rings. The molecule has 1 aliphatic rings. The lowest BCUT2D eigenvalue weighted by molar-refractivity contribution is 0.757. The van der Waals surface area contributed by atoms with Crippen LogP contribution in [0.5, 0.6) is 0 Å². The summed E-state index contributed by atoms with van der Waals surface area (Å²) in [5.74, 6) is 0. The summed E-state index contributed by atoms with van der Waals surface area (Å²) in [5, 5.41) is 0. The monoisotopic (exact) mass is 790 g/mol. The first-order chi connectivity index (χ1) is 30.0. The molecule has 0 spiro atoms. The molecule has 1 aliphatic carbocycles. The van der Waals surface area contributed by atoms with Crippen LogP contribution in [0.25, 0.3) is 0 Å². The molecule has 4 nitrogen and oxygen atoms in total. The van der Waals surface area contributed by atoms with Crippen LogP contribution in [-0.2, 0) is 0 Å². The zero-order chi connectivity index (χ0) is 41.5. The molecule has 9 rings (SSSR count). The molecule has 0 N–H and O–H groups in total. The number of hydrogen-bond acceptors (Lipinski definition) is 4. The number of allylic oxidation sites excluding steroid dienone is 2. The number of nitrogens with zero attached hydrogens (tertiary/aromatic N) is 4. The molecule has 1 unspecified atom stereocenters. The average molecular weight is 791 g/mol. The number of para-hydroxylation sites is 3. The minimum atomic E-state index is 0.219. The van der Waals surface area contributed by atoms with Gasteiger partial charge in [0, 0.05) is 62.6 Å². The molecule has 298 valence electrons. The smallest absolute Gasteiger partial charge is 0.0562 e. The van der Waals surface area contributed by atoms with Crippen molar-refractivity contribution < 1.29 is 0 Å². The third kappa shape index (κ3) is 8.62. The molecule has 0 aromatic heterocycles. The first kappa shape index (κ1) is 38.9. The van der Waals surface area contributed by atoms with E-state index in [1.807, 2.05) is 0 Å². The summed E-state index contributed by atoms with van der Waals surface area (Å²) in [6, 6.07) is 76.5. The second-order valence-electron chi connectivity index (χ2n) is 15.8. The highest BCUT2D eigenvalue weighted by Crippen LogP contribution is 2.42. The largest absolute Gasteiger partial charge is 0.334 e. The molecule has 0 bridgehead atoms. The maximum Gasteiger partial charge on any atom is 0.0562 e. The number of benzene rings is 8. The van der Waals surface area contributed by atoms with E-state index in [9.17, 15) is 0 Å². The van der Waals surface area contributed by atoms with Crippen molar-refractivity contribution in [3.05, 3.63) is 247 Å². The minimum absolute atomic E-state index is 0.219. The Morgan fingerprint density at radius 1 is 0.328 bits per heavy atom. The van der Waals surface area contributed by atoms with Crippen molar-refractivity contribution in [1.82, 2.24) is 0 Å². The summed E-state index contributed by atoms with van der Waals surface area (Å²) in [4.78, 5) is 9.46. The Morgan fingerprint density at radius 3 is 1.02 bits per heavy atom. The highest BCUT2D eigenvalue weighted by Gasteiger charge is 2.22. The standard InChI is InChI=1S/C57H50N4/c1-43-16-13-25-55(40-43)59(46-19-7-4-8-20-46)52-34-28-49(29-35-52)58(50-30-36-53(37-31-50)60(47-21-9-5-10-22-47)56-26-14-17-44(2)41-56)51-32-38-54(39-33-51)61(48-23-11-6-12-24-48)57-27-15-18-45(3)42-57/h4-41,57H,42H2,1-3H3. The van der Waals surface area contributed by atoms with E-state index >= 15 is 0 Å². The van der Waals surface area contributed by atoms with Gasteiger partial charge in [-0.2, -0.15) is 0 Å². The Labute approximate surface area is 361 Å². The van der Waals surface area contributed by atoms with Gasteiger partial charge in [-0.05, 0) is 172 Å². The maximum atomic E-state index is 2.46. The van der Waals surface area contributed by atoms with Crippen LogP contribution in [0.2, 0.25) is 0 Å². The van der Waals surface area contributed by atoms with Gasteiger partial charge in [-0.25, -0.2) is 0 Å². The Bertz CT molecular complexity index is 2610. The molecule has 0 heterocycles. The summed E-state index contributed by atoms with van der Waals surface area (Å²) in [6.07, 6.45) is 7.70. The topological polar surface area (TPSA) is 13.0 Å². The minimum Gasteiger partial charge on any atom is -0.334 e. The van der Waals surface area contributed by atoms with Crippen molar-refractivity contribution in [2.24, 2.45) is 0 Å². The molecule has 0 saturated carbocycles. The van der Waals surface area contributed by atoms with Gasteiger partial charge in [0.05, 0.1) is 6.04 Å². The van der Waals surface area contributed by atoms with Gasteiger partial charge in [0.25, 0.3) is 0 Å². The van der Waals surface area contributed by atoms with Gasteiger partial charge in [-0.15, -0.1) is 0 Å². The third-order valence-corrected chi connectivity index (χ3v) is 11.3. The molecular formula is C57H50N4. The van der Waals surface area contributed by atoms with Gasteiger partial charge in [0.2, 0.25) is 0 Å². The van der Waals surface area contributed by atoms with E-state index in [-0.39, 0.29) is 6.04 Å². The quantitative estimate of drug-likeness (QED) is 0.122. The number of anilines is 11. The van der Waals surface area contributed by atoms with Crippen LogP contribution in [0.3, 0.4) is 0 Å². The molecule has 8 aromatic rings. The predicted octanol–water partition coefficient (Wildman–Crippen LogP) is 16.1.